The summed E-state index contributed by atoms with van der Waals surface area (Å²) in [5.41, 5.74) is 8.90. The summed E-state index contributed by atoms with van der Waals surface area (Å²) >= 11 is 3.48. The highest BCUT2D eigenvalue weighted by Gasteiger charge is 2.23. The molecule has 0 bridgehead atoms. The first-order chi connectivity index (χ1) is 9.60. The van der Waals surface area contributed by atoms with E-state index in [0.717, 1.165) is 29.1 Å². The van der Waals surface area contributed by atoms with Crippen LogP contribution in [0.25, 0.3) is 10.2 Å². The van der Waals surface area contributed by atoms with E-state index in [0.29, 0.717) is 0 Å². The first-order valence-electron chi connectivity index (χ1n) is 7.47. The molecule has 110 valence electrons. The minimum absolute atomic E-state index is 0.182. The average Bonchev–Trinajstić information content (AvgIpc) is 2.86. The van der Waals surface area contributed by atoms with Crippen molar-refractivity contribution in [1.29, 1.82) is 0 Å². The summed E-state index contributed by atoms with van der Waals surface area (Å²) in [4.78, 5) is 4.58. The fraction of sp³-hybridized carbons (Fsp3) is 0.562. The molecule has 2 aromatic rings. The average molecular weight is 309 g/mol. The summed E-state index contributed by atoms with van der Waals surface area (Å²) in [6.07, 6.45) is 5.56. The number of benzene rings is 1. The monoisotopic (exact) mass is 308 g/mol. The molecule has 1 heterocycles. The summed E-state index contributed by atoms with van der Waals surface area (Å²) in [6.45, 7) is 6.52. The topological polar surface area (TPSA) is 38.9 Å². The standard InChI is InChI=1S/C16H24N2S2/c1-4-7-8-12-9-10-14-13(11-12)18-15(19-14)20-16(17,5-2)6-3/h9-11H,4-8,17H2,1-3H3. The van der Waals surface area contributed by atoms with Gasteiger partial charge in [-0.3, -0.25) is 0 Å². The Morgan fingerprint density at radius 3 is 2.65 bits per heavy atom. The van der Waals surface area contributed by atoms with E-state index in [1.54, 1.807) is 23.1 Å². The molecule has 0 atom stereocenters. The van der Waals surface area contributed by atoms with Crippen molar-refractivity contribution in [2.45, 2.75) is 62.1 Å². The van der Waals surface area contributed by atoms with Gasteiger partial charge in [-0.15, -0.1) is 11.3 Å². The van der Waals surface area contributed by atoms with E-state index in [1.807, 2.05) is 0 Å². The highest BCUT2D eigenvalue weighted by molar-refractivity contribution is 8.02. The fourth-order valence-electron chi connectivity index (χ4n) is 2.10. The van der Waals surface area contributed by atoms with Crippen LogP contribution in [0.2, 0.25) is 0 Å². The molecule has 20 heavy (non-hydrogen) atoms. The largest absolute Gasteiger partial charge is 0.316 e. The number of unbranched alkanes of at least 4 members (excludes halogenated alkanes) is 1. The molecule has 0 aliphatic carbocycles. The molecule has 0 saturated carbocycles. The number of aromatic nitrogens is 1. The molecule has 0 radical (unpaired) electrons. The van der Waals surface area contributed by atoms with E-state index in [1.165, 1.54) is 23.1 Å². The Balaban J connectivity index is 2.20. The lowest BCUT2D eigenvalue weighted by molar-refractivity contribution is 0.571. The van der Waals surface area contributed by atoms with Crippen molar-refractivity contribution in [2.24, 2.45) is 5.73 Å². The zero-order chi connectivity index (χ0) is 14.6. The number of fused-ring (bicyclic) bond motifs is 1. The SMILES string of the molecule is CCCCc1ccc2sc(SC(N)(CC)CC)nc2c1. The molecular weight excluding hydrogens is 284 g/mol. The van der Waals surface area contributed by atoms with Crippen LogP contribution in [0.3, 0.4) is 0 Å². The Morgan fingerprint density at radius 2 is 2.00 bits per heavy atom. The van der Waals surface area contributed by atoms with Gasteiger partial charge in [0.2, 0.25) is 0 Å². The maximum absolute atomic E-state index is 6.38. The van der Waals surface area contributed by atoms with E-state index in [4.69, 9.17) is 10.7 Å². The Kier molecular flexibility index (Phi) is 5.47. The van der Waals surface area contributed by atoms with Crippen LogP contribution in [-0.2, 0) is 6.42 Å². The fourth-order valence-corrected chi connectivity index (χ4v) is 4.49. The summed E-state index contributed by atoms with van der Waals surface area (Å²) in [6, 6.07) is 6.68. The van der Waals surface area contributed by atoms with Crippen molar-refractivity contribution in [1.82, 2.24) is 4.98 Å². The Labute approximate surface area is 130 Å². The van der Waals surface area contributed by atoms with Gasteiger partial charge in [0.05, 0.1) is 15.1 Å². The second kappa shape index (κ2) is 6.92. The second-order valence-corrected chi connectivity index (χ2v) is 7.95. The third-order valence-electron chi connectivity index (χ3n) is 3.74. The second-order valence-electron chi connectivity index (χ2n) is 5.26. The van der Waals surface area contributed by atoms with E-state index in [2.05, 4.69) is 39.0 Å². The predicted octanol–water partition coefficient (Wildman–Crippen LogP) is 5.21. The quantitative estimate of drug-likeness (QED) is 0.564. The number of rotatable bonds is 7. The molecule has 4 heteroatoms. The van der Waals surface area contributed by atoms with Gasteiger partial charge in [0.15, 0.2) is 4.34 Å². The zero-order valence-corrected chi connectivity index (χ0v) is 14.2. The van der Waals surface area contributed by atoms with Gasteiger partial charge in [-0.2, -0.15) is 0 Å². The molecule has 0 saturated heterocycles. The van der Waals surface area contributed by atoms with Gasteiger partial charge in [-0.1, -0.05) is 45.0 Å². The highest BCUT2D eigenvalue weighted by Crippen LogP contribution is 2.38. The van der Waals surface area contributed by atoms with Crippen LogP contribution in [0.15, 0.2) is 22.5 Å². The van der Waals surface area contributed by atoms with E-state index >= 15 is 0 Å². The van der Waals surface area contributed by atoms with Gasteiger partial charge in [0.1, 0.15) is 0 Å². The summed E-state index contributed by atoms with van der Waals surface area (Å²) in [7, 11) is 0. The van der Waals surface area contributed by atoms with Crippen molar-refractivity contribution >= 4 is 33.3 Å². The smallest absolute Gasteiger partial charge is 0.152 e. The van der Waals surface area contributed by atoms with Crippen molar-refractivity contribution in [3.05, 3.63) is 23.8 Å². The minimum Gasteiger partial charge on any atom is -0.316 e. The lowest BCUT2D eigenvalue weighted by Gasteiger charge is -2.24. The summed E-state index contributed by atoms with van der Waals surface area (Å²) in [5, 5.41) is 0. The first-order valence-corrected chi connectivity index (χ1v) is 9.11. The lowest BCUT2D eigenvalue weighted by atomic mass is 10.1. The molecule has 0 aliphatic heterocycles. The van der Waals surface area contributed by atoms with Crippen LogP contribution < -0.4 is 5.73 Å². The summed E-state index contributed by atoms with van der Waals surface area (Å²) in [5.74, 6) is 0. The third-order valence-corrected chi connectivity index (χ3v) is 6.32. The van der Waals surface area contributed by atoms with Crippen molar-refractivity contribution in [3.63, 3.8) is 0 Å². The van der Waals surface area contributed by atoms with Gasteiger partial charge < -0.3 is 5.73 Å². The molecule has 0 spiro atoms. The van der Waals surface area contributed by atoms with Crippen LogP contribution in [0.5, 0.6) is 0 Å². The molecule has 1 aromatic heterocycles. The normalized spacial score (nSPS) is 12.2. The number of nitrogens with two attached hydrogens (primary N) is 1. The summed E-state index contributed by atoms with van der Waals surface area (Å²) < 4.78 is 2.36. The van der Waals surface area contributed by atoms with Gasteiger partial charge in [0, 0.05) is 0 Å². The third kappa shape index (κ3) is 3.74. The van der Waals surface area contributed by atoms with Crippen LogP contribution in [0.4, 0.5) is 0 Å². The lowest BCUT2D eigenvalue weighted by Crippen LogP contribution is -2.33. The number of thioether (sulfide) groups is 1. The molecule has 0 aliphatic rings. The van der Waals surface area contributed by atoms with Gasteiger partial charge in [-0.05, 0) is 43.4 Å². The predicted molar refractivity (Wildman–Crippen MR) is 91.6 cm³/mol. The van der Waals surface area contributed by atoms with Crippen LogP contribution in [-0.4, -0.2) is 9.85 Å². The minimum atomic E-state index is -0.182. The molecular formula is C16H24N2S2. The molecule has 0 fully saturated rings. The molecule has 2 N–H and O–H groups in total. The molecule has 1 aromatic carbocycles. The maximum atomic E-state index is 6.38. The number of aryl methyl sites for hydroxylation is 1. The first kappa shape index (κ1) is 15.8. The van der Waals surface area contributed by atoms with Crippen molar-refractivity contribution in [3.8, 4) is 0 Å². The Hall–Kier alpha value is -0.580. The Bertz CT molecular complexity index is 559. The van der Waals surface area contributed by atoms with Gasteiger partial charge >= 0.3 is 0 Å². The van der Waals surface area contributed by atoms with Crippen molar-refractivity contribution in [2.75, 3.05) is 0 Å². The van der Waals surface area contributed by atoms with Crippen molar-refractivity contribution < 1.29 is 0 Å². The number of hydrogen-bond acceptors (Lipinski definition) is 4. The zero-order valence-electron chi connectivity index (χ0n) is 12.6. The van der Waals surface area contributed by atoms with E-state index < -0.39 is 0 Å². The van der Waals surface area contributed by atoms with Gasteiger partial charge in [-0.25, -0.2) is 4.98 Å². The van der Waals surface area contributed by atoms with E-state index in [-0.39, 0.29) is 4.87 Å². The Morgan fingerprint density at radius 1 is 1.25 bits per heavy atom. The molecule has 2 rings (SSSR count). The number of thiazole rings is 1. The van der Waals surface area contributed by atoms with Crippen LogP contribution in [0.1, 0.15) is 52.0 Å². The molecule has 0 unspecified atom stereocenters. The van der Waals surface area contributed by atoms with Crippen LogP contribution in [0, 0.1) is 0 Å². The number of nitrogens with zero attached hydrogens (tertiary/aromatic N) is 1. The van der Waals surface area contributed by atoms with Gasteiger partial charge in [0.25, 0.3) is 0 Å². The molecule has 2 nitrogen and oxygen atoms in total. The number of hydrogen-bond donors (Lipinski definition) is 1. The maximum Gasteiger partial charge on any atom is 0.152 e. The highest BCUT2D eigenvalue weighted by atomic mass is 32.2. The van der Waals surface area contributed by atoms with Crippen LogP contribution >= 0.6 is 23.1 Å². The molecule has 0 amide bonds. The van der Waals surface area contributed by atoms with E-state index in [9.17, 15) is 0 Å².